The van der Waals surface area contributed by atoms with Crippen molar-refractivity contribution in [3.05, 3.63) is 89.6 Å². The SMILES string of the molecule is COc1cc(OC)c(C=O)c(OCC(=O)Nc2cc(C3CC(O[Si](c4ccccc4)c4ccc(C(C)(C)C)cc4)C3)nn2C(C)(C)C)c1. The van der Waals surface area contributed by atoms with Gasteiger partial charge in [-0.25, -0.2) is 4.68 Å². The number of hydrogen-bond acceptors (Lipinski definition) is 7. The van der Waals surface area contributed by atoms with E-state index in [0.29, 0.717) is 23.6 Å². The van der Waals surface area contributed by atoms with Crippen LogP contribution in [0.4, 0.5) is 5.82 Å². The van der Waals surface area contributed by atoms with Gasteiger partial charge in [0.05, 0.1) is 31.0 Å². The number of nitrogens with zero attached hydrogens (tertiary/aromatic N) is 2. The molecule has 4 aromatic rings. The Balaban J connectivity index is 1.27. The molecule has 0 atom stereocenters. The molecule has 253 valence electrons. The van der Waals surface area contributed by atoms with E-state index in [1.54, 1.807) is 12.1 Å². The van der Waals surface area contributed by atoms with Gasteiger partial charge in [-0.3, -0.25) is 9.59 Å². The summed E-state index contributed by atoms with van der Waals surface area (Å²) in [6.45, 7) is 12.5. The van der Waals surface area contributed by atoms with Gasteiger partial charge in [0, 0.05) is 30.2 Å². The lowest BCUT2D eigenvalue weighted by atomic mass is 9.80. The van der Waals surface area contributed by atoms with Crippen LogP contribution in [-0.4, -0.2) is 57.9 Å². The zero-order valence-corrected chi connectivity index (χ0v) is 30.1. The molecule has 1 amide bonds. The fourth-order valence-corrected chi connectivity index (χ4v) is 7.80. The first kappa shape index (κ1) is 34.9. The Hall–Kier alpha value is -4.41. The van der Waals surface area contributed by atoms with Crippen LogP contribution >= 0.6 is 0 Å². The number of methoxy groups -OCH3 is 2. The van der Waals surface area contributed by atoms with Crippen LogP contribution in [0.3, 0.4) is 0 Å². The molecule has 10 heteroatoms. The minimum Gasteiger partial charge on any atom is -0.496 e. The first-order valence-electron chi connectivity index (χ1n) is 16.2. The maximum atomic E-state index is 13.1. The van der Waals surface area contributed by atoms with Crippen LogP contribution in [0, 0.1) is 0 Å². The maximum Gasteiger partial charge on any atom is 0.283 e. The van der Waals surface area contributed by atoms with Crippen LogP contribution in [0.15, 0.2) is 72.8 Å². The minimum absolute atomic E-state index is 0.0894. The molecule has 0 spiro atoms. The number of aromatic nitrogens is 2. The highest BCUT2D eigenvalue weighted by atomic mass is 28.3. The Morgan fingerprint density at radius 2 is 1.56 bits per heavy atom. The highest BCUT2D eigenvalue weighted by molar-refractivity contribution is 6.80. The number of anilines is 1. The smallest absolute Gasteiger partial charge is 0.283 e. The molecule has 1 aliphatic carbocycles. The average molecular weight is 669 g/mol. The van der Waals surface area contributed by atoms with Gasteiger partial charge in [-0.1, -0.05) is 75.4 Å². The van der Waals surface area contributed by atoms with Gasteiger partial charge in [-0.2, -0.15) is 5.10 Å². The van der Waals surface area contributed by atoms with Crippen LogP contribution in [-0.2, 0) is 20.2 Å². The second-order valence-corrected chi connectivity index (χ2v) is 16.2. The van der Waals surface area contributed by atoms with Crippen molar-refractivity contribution in [2.24, 2.45) is 0 Å². The van der Waals surface area contributed by atoms with Crippen LogP contribution in [0.5, 0.6) is 17.2 Å². The number of amides is 1. The summed E-state index contributed by atoms with van der Waals surface area (Å²) in [6.07, 6.45) is 2.45. The lowest BCUT2D eigenvalue weighted by Crippen LogP contribution is -2.49. The molecule has 1 heterocycles. The maximum absolute atomic E-state index is 13.1. The molecule has 0 bridgehead atoms. The summed E-state index contributed by atoms with van der Waals surface area (Å²) in [5, 5.41) is 10.4. The van der Waals surface area contributed by atoms with Crippen LogP contribution in [0.1, 0.15) is 81.9 Å². The molecule has 1 aliphatic rings. The van der Waals surface area contributed by atoms with Gasteiger partial charge in [0.1, 0.15) is 23.1 Å². The number of benzene rings is 3. The summed E-state index contributed by atoms with van der Waals surface area (Å²) >= 11 is 0. The molecule has 0 saturated heterocycles. The Bertz CT molecular complexity index is 1720. The monoisotopic (exact) mass is 668 g/mol. The molecule has 1 N–H and O–H groups in total. The quantitative estimate of drug-likeness (QED) is 0.149. The van der Waals surface area contributed by atoms with Crippen molar-refractivity contribution in [3.8, 4) is 17.2 Å². The zero-order chi connectivity index (χ0) is 34.6. The van der Waals surface area contributed by atoms with Crippen LogP contribution < -0.4 is 29.9 Å². The van der Waals surface area contributed by atoms with E-state index in [0.717, 1.165) is 18.5 Å². The van der Waals surface area contributed by atoms with Gasteiger partial charge >= 0.3 is 0 Å². The van der Waals surface area contributed by atoms with Crippen LogP contribution in [0.2, 0.25) is 0 Å². The van der Waals surface area contributed by atoms with E-state index in [-0.39, 0.29) is 46.8 Å². The second kappa shape index (κ2) is 14.4. The number of rotatable bonds is 12. The number of carbonyl (C=O) groups excluding carboxylic acids is 2. The van der Waals surface area contributed by atoms with Gasteiger partial charge in [0.25, 0.3) is 14.9 Å². The van der Waals surface area contributed by atoms with E-state index in [2.05, 4.69) is 74.6 Å². The van der Waals surface area contributed by atoms with E-state index in [1.165, 1.54) is 30.2 Å². The Kier molecular flexibility index (Phi) is 10.5. The van der Waals surface area contributed by atoms with Crippen molar-refractivity contribution < 1.29 is 28.2 Å². The van der Waals surface area contributed by atoms with Crippen molar-refractivity contribution in [3.63, 3.8) is 0 Å². The predicted molar refractivity (Wildman–Crippen MR) is 190 cm³/mol. The zero-order valence-electron chi connectivity index (χ0n) is 29.1. The molecule has 0 aliphatic heterocycles. The second-order valence-electron chi connectivity index (χ2n) is 14.2. The summed E-state index contributed by atoms with van der Waals surface area (Å²) in [5.41, 5.74) is 2.14. The van der Waals surface area contributed by atoms with Crippen LogP contribution in [0.25, 0.3) is 0 Å². The van der Waals surface area contributed by atoms with Crippen molar-refractivity contribution in [2.45, 2.75) is 77.4 Å². The molecule has 1 fully saturated rings. The number of ether oxygens (including phenoxy) is 3. The molecule has 1 saturated carbocycles. The largest absolute Gasteiger partial charge is 0.496 e. The third kappa shape index (κ3) is 7.99. The van der Waals surface area contributed by atoms with Crippen molar-refractivity contribution >= 4 is 37.4 Å². The lowest BCUT2D eigenvalue weighted by Gasteiger charge is -2.36. The number of carbonyl (C=O) groups is 2. The molecular weight excluding hydrogens is 623 g/mol. The third-order valence-electron chi connectivity index (χ3n) is 8.49. The van der Waals surface area contributed by atoms with E-state index < -0.39 is 9.04 Å². The molecule has 3 aromatic carbocycles. The molecule has 48 heavy (non-hydrogen) atoms. The minimum atomic E-state index is -1.44. The van der Waals surface area contributed by atoms with Gasteiger partial charge in [0.15, 0.2) is 12.9 Å². The topological polar surface area (TPSA) is 101 Å². The fourth-order valence-electron chi connectivity index (χ4n) is 5.70. The summed E-state index contributed by atoms with van der Waals surface area (Å²) in [6, 6.07) is 24.5. The predicted octanol–water partition coefficient (Wildman–Crippen LogP) is 5.85. The standard InChI is InChI=1S/C38H46N3O6Si/c1-37(2,3)26-14-16-30(17-15-26)48(29-12-10-9-11-13-29)47-28-18-25(19-28)32-22-35(41(40-32)38(4,5)6)39-36(43)24-46-34-21-27(44-7)20-33(45-8)31(34)23-42/h9-17,20-23,25,28H,18-19,24H2,1-8H3,(H,39,43). The first-order valence-corrected chi connectivity index (χ1v) is 17.7. The van der Waals surface area contributed by atoms with Gasteiger partial charge in [0.2, 0.25) is 0 Å². The molecular formula is C38H46N3O6Si. The van der Waals surface area contributed by atoms with E-state index in [9.17, 15) is 9.59 Å². The Morgan fingerprint density at radius 1 is 0.917 bits per heavy atom. The number of nitrogens with one attached hydrogen (secondary N) is 1. The van der Waals surface area contributed by atoms with Crippen molar-refractivity contribution in [2.75, 3.05) is 26.1 Å². The summed E-state index contributed by atoms with van der Waals surface area (Å²) in [4.78, 5) is 24.9. The van der Waals surface area contributed by atoms with E-state index >= 15 is 0 Å². The molecule has 5 rings (SSSR count). The molecule has 0 unspecified atom stereocenters. The Labute approximate surface area is 285 Å². The first-order chi connectivity index (χ1) is 22.8. The fraction of sp³-hybridized carbons (Fsp3) is 0.395. The normalized spacial score (nSPS) is 16.3. The highest BCUT2D eigenvalue weighted by Crippen LogP contribution is 2.40. The molecule has 9 nitrogen and oxygen atoms in total. The highest BCUT2D eigenvalue weighted by Gasteiger charge is 2.37. The van der Waals surface area contributed by atoms with E-state index in [4.69, 9.17) is 23.7 Å². The summed E-state index contributed by atoms with van der Waals surface area (Å²) in [5.74, 6) is 1.36. The summed E-state index contributed by atoms with van der Waals surface area (Å²) in [7, 11) is 1.51. The number of aldehydes is 1. The number of hydrogen-bond donors (Lipinski definition) is 1. The van der Waals surface area contributed by atoms with Gasteiger partial charge in [-0.05, 0) is 55.0 Å². The van der Waals surface area contributed by atoms with Gasteiger partial charge in [-0.15, -0.1) is 0 Å². The molecule has 1 radical (unpaired) electrons. The average Bonchev–Trinajstić information content (AvgIpc) is 3.46. The van der Waals surface area contributed by atoms with Crippen molar-refractivity contribution in [1.82, 2.24) is 9.78 Å². The van der Waals surface area contributed by atoms with Gasteiger partial charge < -0.3 is 24.0 Å². The Morgan fingerprint density at radius 3 is 2.15 bits per heavy atom. The van der Waals surface area contributed by atoms with E-state index in [1.807, 2.05) is 37.6 Å². The molecule has 1 aromatic heterocycles. The summed E-state index contributed by atoms with van der Waals surface area (Å²) < 4.78 is 25.1. The lowest BCUT2D eigenvalue weighted by molar-refractivity contribution is -0.118. The van der Waals surface area contributed by atoms with Crippen molar-refractivity contribution in [1.29, 1.82) is 0 Å². The third-order valence-corrected chi connectivity index (χ3v) is 10.8.